The van der Waals surface area contributed by atoms with Crippen LogP contribution in [0.2, 0.25) is 0 Å². The van der Waals surface area contributed by atoms with Crippen LogP contribution in [0.5, 0.6) is 0 Å². The molecule has 1 aliphatic carbocycles. The molecule has 3 heteroatoms. The Morgan fingerprint density at radius 1 is 1.41 bits per heavy atom. The van der Waals surface area contributed by atoms with Gasteiger partial charge in [0.1, 0.15) is 0 Å². The summed E-state index contributed by atoms with van der Waals surface area (Å²) in [6.07, 6.45) is 4.10. The maximum Gasteiger partial charge on any atom is 0.0601 e. The molecule has 17 heavy (non-hydrogen) atoms. The van der Waals surface area contributed by atoms with Crippen LogP contribution in [0.15, 0.2) is 21.7 Å². The van der Waals surface area contributed by atoms with Crippen LogP contribution < -0.4 is 5.32 Å². The van der Waals surface area contributed by atoms with Crippen molar-refractivity contribution in [3.8, 4) is 0 Å². The van der Waals surface area contributed by atoms with Gasteiger partial charge in [-0.25, -0.2) is 0 Å². The molecule has 0 bridgehead atoms. The van der Waals surface area contributed by atoms with Crippen molar-refractivity contribution in [2.75, 3.05) is 7.05 Å². The van der Waals surface area contributed by atoms with Crippen LogP contribution in [0.3, 0.4) is 0 Å². The molecule has 1 aromatic heterocycles. The Hall–Kier alpha value is 0.01000. The van der Waals surface area contributed by atoms with Gasteiger partial charge in [0.05, 0.1) is 4.21 Å². The highest BCUT2D eigenvalue weighted by Crippen LogP contribution is 2.40. The summed E-state index contributed by atoms with van der Waals surface area (Å²) in [5, 5.41) is 6.44. The molecule has 1 aromatic rings. The fourth-order valence-corrected chi connectivity index (χ4v) is 5.15. The zero-order chi connectivity index (χ0) is 12.3. The third kappa shape index (κ3) is 3.49. The minimum Gasteiger partial charge on any atom is -0.316 e. The van der Waals surface area contributed by atoms with Gasteiger partial charge in [-0.15, -0.1) is 23.1 Å². The minimum atomic E-state index is 0.692. The molecule has 96 valence electrons. The number of thioether (sulfide) groups is 1. The number of nitrogens with one attached hydrogen (secondary N) is 1. The second kappa shape index (κ2) is 6.26. The SMILES string of the molecule is CNC1CCC(C(C)C)CC1Sc1cccs1. The molecule has 1 aliphatic rings. The first kappa shape index (κ1) is 13.4. The maximum atomic E-state index is 3.51. The largest absolute Gasteiger partial charge is 0.316 e. The lowest BCUT2D eigenvalue weighted by Crippen LogP contribution is -2.41. The van der Waals surface area contributed by atoms with E-state index >= 15 is 0 Å². The van der Waals surface area contributed by atoms with Crippen LogP contribution in [0.1, 0.15) is 33.1 Å². The van der Waals surface area contributed by atoms with E-state index in [-0.39, 0.29) is 0 Å². The van der Waals surface area contributed by atoms with Crippen LogP contribution >= 0.6 is 23.1 Å². The van der Waals surface area contributed by atoms with E-state index in [1.54, 1.807) is 0 Å². The van der Waals surface area contributed by atoms with E-state index in [0.717, 1.165) is 17.1 Å². The van der Waals surface area contributed by atoms with E-state index in [9.17, 15) is 0 Å². The minimum absolute atomic E-state index is 0.692. The molecule has 0 saturated heterocycles. The smallest absolute Gasteiger partial charge is 0.0601 e. The van der Waals surface area contributed by atoms with Crippen molar-refractivity contribution in [1.82, 2.24) is 5.32 Å². The molecule has 3 atom stereocenters. The summed E-state index contributed by atoms with van der Waals surface area (Å²) in [6.45, 7) is 4.74. The summed E-state index contributed by atoms with van der Waals surface area (Å²) in [6, 6.07) is 5.10. The first-order valence-electron chi connectivity index (χ1n) is 6.58. The highest BCUT2D eigenvalue weighted by Gasteiger charge is 2.31. The molecular weight excluding hydrogens is 246 g/mol. The summed E-state index contributed by atoms with van der Waals surface area (Å²) in [4.78, 5) is 0. The third-order valence-electron chi connectivity index (χ3n) is 3.91. The highest BCUT2D eigenvalue weighted by molar-refractivity contribution is 8.01. The van der Waals surface area contributed by atoms with E-state index < -0.39 is 0 Å². The highest BCUT2D eigenvalue weighted by atomic mass is 32.2. The first-order chi connectivity index (χ1) is 8.20. The van der Waals surface area contributed by atoms with Gasteiger partial charge in [0.15, 0.2) is 0 Å². The lowest BCUT2D eigenvalue weighted by Gasteiger charge is -2.37. The summed E-state index contributed by atoms with van der Waals surface area (Å²) in [5.74, 6) is 1.75. The zero-order valence-electron chi connectivity index (χ0n) is 11.0. The van der Waals surface area contributed by atoms with Gasteiger partial charge in [0, 0.05) is 11.3 Å². The summed E-state index contributed by atoms with van der Waals surface area (Å²) < 4.78 is 1.47. The van der Waals surface area contributed by atoms with Crippen molar-refractivity contribution >= 4 is 23.1 Å². The predicted octanol–water partition coefficient (Wildman–Crippen LogP) is 4.25. The van der Waals surface area contributed by atoms with Gasteiger partial charge >= 0.3 is 0 Å². The van der Waals surface area contributed by atoms with Crippen LogP contribution in [-0.4, -0.2) is 18.3 Å². The van der Waals surface area contributed by atoms with Gasteiger partial charge in [-0.05, 0) is 49.6 Å². The second-order valence-corrected chi connectivity index (χ2v) is 7.79. The predicted molar refractivity (Wildman–Crippen MR) is 79.0 cm³/mol. The Labute approximate surface area is 113 Å². The second-order valence-electron chi connectivity index (χ2n) is 5.30. The molecule has 1 N–H and O–H groups in total. The van der Waals surface area contributed by atoms with Crippen molar-refractivity contribution in [3.63, 3.8) is 0 Å². The summed E-state index contributed by atoms with van der Waals surface area (Å²) in [5.41, 5.74) is 0. The van der Waals surface area contributed by atoms with E-state index in [1.807, 2.05) is 11.3 Å². The van der Waals surface area contributed by atoms with Crippen molar-refractivity contribution in [2.24, 2.45) is 11.8 Å². The van der Waals surface area contributed by atoms with Crippen LogP contribution in [0.25, 0.3) is 0 Å². The molecule has 3 unspecified atom stereocenters. The van der Waals surface area contributed by atoms with E-state index in [2.05, 4.69) is 55.5 Å². The number of hydrogen-bond donors (Lipinski definition) is 1. The summed E-state index contributed by atoms with van der Waals surface area (Å²) in [7, 11) is 2.11. The number of hydrogen-bond acceptors (Lipinski definition) is 3. The fourth-order valence-electron chi connectivity index (χ4n) is 2.71. The van der Waals surface area contributed by atoms with Crippen LogP contribution in [0, 0.1) is 11.8 Å². The quantitative estimate of drug-likeness (QED) is 0.877. The lowest BCUT2D eigenvalue weighted by atomic mass is 9.79. The molecule has 0 aliphatic heterocycles. The van der Waals surface area contributed by atoms with Crippen molar-refractivity contribution in [2.45, 2.75) is 48.6 Å². The molecule has 0 amide bonds. The van der Waals surface area contributed by atoms with E-state index in [1.165, 1.54) is 23.5 Å². The molecule has 0 aromatic carbocycles. The van der Waals surface area contributed by atoms with Gasteiger partial charge in [-0.3, -0.25) is 0 Å². The lowest BCUT2D eigenvalue weighted by molar-refractivity contribution is 0.251. The van der Waals surface area contributed by atoms with Crippen LogP contribution in [0.4, 0.5) is 0 Å². The van der Waals surface area contributed by atoms with Gasteiger partial charge in [0.25, 0.3) is 0 Å². The Balaban J connectivity index is 1.99. The van der Waals surface area contributed by atoms with Gasteiger partial charge in [0.2, 0.25) is 0 Å². The average Bonchev–Trinajstić information content (AvgIpc) is 2.81. The van der Waals surface area contributed by atoms with Crippen LogP contribution in [-0.2, 0) is 0 Å². The first-order valence-corrected chi connectivity index (χ1v) is 8.34. The Morgan fingerprint density at radius 3 is 2.82 bits per heavy atom. The van der Waals surface area contributed by atoms with E-state index in [4.69, 9.17) is 0 Å². The number of rotatable bonds is 4. The fraction of sp³-hybridized carbons (Fsp3) is 0.714. The Morgan fingerprint density at radius 2 is 2.24 bits per heavy atom. The topological polar surface area (TPSA) is 12.0 Å². The molecule has 2 rings (SSSR count). The third-order valence-corrected chi connectivity index (χ3v) is 6.34. The van der Waals surface area contributed by atoms with E-state index in [0.29, 0.717) is 6.04 Å². The molecule has 1 nitrogen and oxygen atoms in total. The number of thiophene rings is 1. The summed E-state index contributed by atoms with van der Waals surface area (Å²) >= 11 is 3.95. The monoisotopic (exact) mass is 269 g/mol. The molecule has 1 fully saturated rings. The maximum absolute atomic E-state index is 3.51. The average molecular weight is 269 g/mol. The van der Waals surface area contributed by atoms with Crippen molar-refractivity contribution in [1.29, 1.82) is 0 Å². The van der Waals surface area contributed by atoms with Crippen molar-refractivity contribution < 1.29 is 0 Å². The standard InChI is InChI=1S/C14H23NS2/c1-10(2)11-6-7-12(15-3)13(9-11)17-14-5-4-8-16-14/h4-5,8,10-13,15H,6-7,9H2,1-3H3. The molecule has 1 saturated carbocycles. The molecule has 0 spiro atoms. The van der Waals surface area contributed by atoms with Gasteiger partial charge in [-0.1, -0.05) is 19.9 Å². The Bertz CT molecular complexity index is 321. The Kier molecular flexibility index (Phi) is 4.95. The molecular formula is C14H23NS2. The zero-order valence-corrected chi connectivity index (χ0v) is 12.6. The molecule has 1 heterocycles. The van der Waals surface area contributed by atoms with Gasteiger partial charge in [-0.2, -0.15) is 0 Å². The normalized spacial score (nSPS) is 29.8. The molecule has 0 radical (unpaired) electrons. The van der Waals surface area contributed by atoms with Crippen molar-refractivity contribution in [3.05, 3.63) is 17.5 Å². The van der Waals surface area contributed by atoms with Gasteiger partial charge < -0.3 is 5.32 Å².